The molecule has 0 saturated heterocycles. The van der Waals surface area contributed by atoms with E-state index in [0.29, 0.717) is 12.2 Å². The number of nitrogens with one attached hydrogen (secondary N) is 2. The number of benzene rings is 1. The van der Waals surface area contributed by atoms with E-state index in [0.717, 1.165) is 11.1 Å². The van der Waals surface area contributed by atoms with E-state index in [1.165, 1.54) is 0 Å². The van der Waals surface area contributed by atoms with Crippen molar-refractivity contribution in [2.45, 2.75) is 19.6 Å². The molecule has 1 aromatic carbocycles. The van der Waals surface area contributed by atoms with Gasteiger partial charge in [-0.2, -0.15) is 0 Å². The number of hydrogen-bond donors (Lipinski definition) is 3. The minimum atomic E-state index is -0.560. The molecule has 0 aliphatic carbocycles. The van der Waals surface area contributed by atoms with Crippen LogP contribution < -0.4 is 10.6 Å². The summed E-state index contributed by atoms with van der Waals surface area (Å²) in [5.41, 5.74) is 2.34. The largest absolute Gasteiger partial charge is 0.389 e. The molecular weight excluding hydrogens is 254 g/mol. The Balaban J connectivity index is 1.90. The summed E-state index contributed by atoms with van der Waals surface area (Å²) in [6.45, 7) is 2.09. The van der Waals surface area contributed by atoms with Crippen LogP contribution in [0.3, 0.4) is 0 Å². The molecule has 20 heavy (non-hydrogen) atoms. The number of nitrogens with zero attached hydrogens (tertiary/aromatic N) is 1. The summed E-state index contributed by atoms with van der Waals surface area (Å²) in [4.78, 5) is 15.7. The van der Waals surface area contributed by atoms with Crippen LogP contribution in [-0.4, -0.2) is 16.1 Å². The van der Waals surface area contributed by atoms with Crippen molar-refractivity contribution in [3.63, 3.8) is 0 Å². The summed E-state index contributed by atoms with van der Waals surface area (Å²) in [5, 5.41) is 15.0. The molecule has 5 nitrogen and oxygen atoms in total. The maximum Gasteiger partial charge on any atom is 0.319 e. The molecule has 104 valence electrons. The SMILES string of the molecule is CC(O)c1cccc(NC(=O)NCc2cccnc2)c1. The number of aliphatic hydroxyl groups excluding tert-OH is 1. The lowest BCUT2D eigenvalue weighted by molar-refractivity contribution is 0.199. The molecule has 2 rings (SSSR count). The van der Waals surface area contributed by atoms with E-state index in [4.69, 9.17) is 0 Å². The average molecular weight is 271 g/mol. The van der Waals surface area contributed by atoms with Gasteiger partial charge < -0.3 is 15.7 Å². The van der Waals surface area contributed by atoms with Crippen molar-refractivity contribution in [3.05, 3.63) is 59.9 Å². The number of urea groups is 1. The van der Waals surface area contributed by atoms with Crippen molar-refractivity contribution >= 4 is 11.7 Å². The Bertz CT molecular complexity index is 570. The number of pyridine rings is 1. The molecule has 2 aromatic rings. The number of aliphatic hydroxyl groups is 1. The number of hydrogen-bond acceptors (Lipinski definition) is 3. The summed E-state index contributed by atoms with van der Waals surface area (Å²) in [6, 6.07) is 10.5. The molecule has 1 atom stereocenters. The average Bonchev–Trinajstić information content (AvgIpc) is 2.46. The van der Waals surface area contributed by atoms with E-state index in [9.17, 15) is 9.90 Å². The van der Waals surface area contributed by atoms with Gasteiger partial charge in [0.25, 0.3) is 0 Å². The normalized spacial score (nSPS) is 11.7. The highest BCUT2D eigenvalue weighted by Crippen LogP contribution is 2.16. The number of carbonyl (C=O) groups is 1. The Morgan fingerprint density at radius 3 is 2.90 bits per heavy atom. The van der Waals surface area contributed by atoms with Gasteiger partial charge in [0.2, 0.25) is 0 Å². The first-order chi connectivity index (χ1) is 9.65. The van der Waals surface area contributed by atoms with Crippen LogP contribution in [-0.2, 0) is 6.54 Å². The Morgan fingerprint density at radius 1 is 1.35 bits per heavy atom. The molecule has 0 spiro atoms. The number of aromatic nitrogens is 1. The van der Waals surface area contributed by atoms with E-state index >= 15 is 0 Å². The second kappa shape index (κ2) is 6.68. The molecule has 0 bridgehead atoms. The van der Waals surface area contributed by atoms with Crippen molar-refractivity contribution in [3.8, 4) is 0 Å². The molecule has 5 heteroatoms. The zero-order valence-electron chi connectivity index (χ0n) is 11.2. The first-order valence-electron chi connectivity index (χ1n) is 6.37. The molecule has 0 aliphatic rings. The van der Waals surface area contributed by atoms with Crippen LogP contribution in [0.15, 0.2) is 48.8 Å². The zero-order valence-corrected chi connectivity index (χ0v) is 11.2. The van der Waals surface area contributed by atoms with Gasteiger partial charge in [-0.1, -0.05) is 18.2 Å². The van der Waals surface area contributed by atoms with Crippen LogP contribution in [0, 0.1) is 0 Å². The van der Waals surface area contributed by atoms with Gasteiger partial charge in [-0.05, 0) is 36.2 Å². The molecule has 0 fully saturated rings. The first-order valence-corrected chi connectivity index (χ1v) is 6.37. The van der Waals surface area contributed by atoms with E-state index in [2.05, 4.69) is 15.6 Å². The fraction of sp³-hybridized carbons (Fsp3) is 0.200. The van der Waals surface area contributed by atoms with E-state index in [1.54, 1.807) is 37.5 Å². The van der Waals surface area contributed by atoms with Gasteiger partial charge in [0.15, 0.2) is 0 Å². The Morgan fingerprint density at radius 2 is 2.20 bits per heavy atom. The fourth-order valence-corrected chi connectivity index (χ4v) is 1.74. The Labute approximate surface area is 117 Å². The van der Waals surface area contributed by atoms with Crippen LogP contribution >= 0.6 is 0 Å². The summed E-state index contributed by atoms with van der Waals surface area (Å²) in [7, 11) is 0. The fourth-order valence-electron chi connectivity index (χ4n) is 1.74. The van der Waals surface area contributed by atoms with Crippen molar-refractivity contribution in [2.75, 3.05) is 5.32 Å². The van der Waals surface area contributed by atoms with Gasteiger partial charge in [0, 0.05) is 24.6 Å². The van der Waals surface area contributed by atoms with Crippen molar-refractivity contribution < 1.29 is 9.90 Å². The summed E-state index contributed by atoms with van der Waals surface area (Å²) >= 11 is 0. The number of anilines is 1. The van der Waals surface area contributed by atoms with Crippen LogP contribution in [0.1, 0.15) is 24.2 Å². The van der Waals surface area contributed by atoms with Crippen molar-refractivity contribution in [1.82, 2.24) is 10.3 Å². The lowest BCUT2D eigenvalue weighted by Crippen LogP contribution is -2.28. The number of rotatable bonds is 4. The van der Waals surface area contributed by atoms with Gasteiger partial charge in [-0.25, -0.2) is 4.79 Å². The third-order valence-corrected chi connectivity index (χ3v) is 2.80. The van der Waals surface area contributed by atoms with Gasteiger partial charge in [-0.3, -0.25) is 4.98 Å². The topological polar surface area (TPSA) is 74.2 Å². The highest BCUT2D eigenvalue weighted by molar-refractivity contribution is 5.89. The second-order valence-electron chi connectivity index (χ2n) is 4.47. The van der Waals surface area contributed by atoms with E-state index < -0.39 is 6.10 Å². The lowest BCUT2D eigenvalue weighted by Gasteiger charge is -2.10. The highest BCUT2D eigenvalue weighted by atomic mass is 16.3. The third kappa shape index (κ3) is 4.07. The molecule has 2 amide bonds. The number of amides is 2. The Hall–Kier alpha value is -2.40. The van der Waals surface area contributed by atoms with Gasteiger partial charge in [0.1, 0.15) is 0 Å². The molecule has 1 heterocycles. The third-order valence-electron chi connectivity index (χ3n) is 2.80. The monoisotopic (exact) mass is 271 g/mol. The molecule has 3 N–H and O–H groups in total. The molecule has 1 unspecified atom stereocenters. The maximum absolute atomic E-state index is 11.8. The van der Waals surface area contributed by atoms with Gasteiger partial charge in [0.05, 0.1) is 6.10 Å². The maximum atomic E-state index is 11.8. The van der Waals surface area contributed by atoms with Crippen LogP contribution in [0.25, 0.3) is 0 Å². The highest BCUT2D eigenvalue weighted by Gasteiger charge is 2.04. The summed E-state index contributed by atoms with van der Waals surface area (Å²) < 4.78 is 0. The van der Waals surface area contributed by atoms with Crippen molar-refractivity contribution in [2.24, 2.45) is 0 Å². The molecule has 0 radical (unpaired) electrons. The lowest BCUT2D eigenvalue weighted by atomic mass is 10.1. The Kier molecular flexibility index (Phi) is 4.68. The second-order valence-corrected chi connectivity index (χ2v) is 4.47. The van der Waals surface area contributed by atoms with E-state index in [-0.39, 0.29) is 6.03 Å². The van der Waals surface area contributed by atoms with Gasteiger partial charge in [-0.15, -0.1) is 0 Å². The zero-order chi connectivity index (χ0) is 14.4. The molecule has 0 saturated carbocycles. The van der Waals surface area contributed by atoms with E-state index in [1.807, 2.05) is 18.2 Å². The standard InChI is InChI=1S/C15H17N3O2/c1-11(19)13-5-2-6-14(8-13)18-15(20)17-10-12-4-3-7-16-9-12/h2-9,11,19H,10H2,1H3,(H2,17,18,20). The summed E-state index contributed by atoms with van der Waals surface area (Å²) in [6.07, 6.45) is 2.83. The van der Waals surface area contributed by atoms with Crippen LogP contribution in [0.5, 0.6) is 0 Å². The molecule has 0 aliphatic heterocycles. The predicted molar refractivity (Wildman–Crippen MR) is 77.2 cm³/mol. The van der Waals surface area contributed by atoms with Crippen molar-refractivity contribution in [1.29, 1.82) is 0 Å². The minimum absolute atomic E-state index is 0.295. The minimum Gasteiger partial charge on any atom is -0.389 e. The van der Waals surface area contributed by atoms with Crippen LogP contribution in [0.2, 0.25) is 0 Å². The predicted octanol–water partition coefficient (Wildman–Crippen LogP) is 2.46. The quantitative estimate of drug-likeness (QED) is 0.799. The van der Waals surface area contributed by atoms with Gasteiger partial charge >= 0.3 is 6.03 Å². The smallest absolute Gasteiger partial charge is 0.319 e. The molecule has 1 aromatic heterocycles. The number of carbonyl (C=O) groups excluding carboxylic acids is 1. The first kappa shape index (κ1) is 14.0. The van der Waals surface area contributed by atoms with Crippen LogP contribution in [0.4, 0.5) is 10.5 Å². The summed E-state index contributed by atoms with van der Waals surface area (Å²) in [5.74, 6) is 0. The molecular formula is C15H17N3O2.